The van der Waals surface area contributed by atoms with Crippen molar-refractivity contribution in [2.45, 2.75) is 171 Å². The number of aromatic carboxylic acids is 1. The van der Waals surface area contributed by atoms with Crippen molar-refractivity contribution in [3.63, 3.8) is 0 Å². The molecule has 6 atom stereocenters. The number of alkyl halides is 3. The van der Waals surface area contributed by atoms with Gasteiger partial charge in [0.2, 0.25) is 18.1 Å². The van der Waals surface area contributed by atoms with Crippen molar-refractivity contribution in [3.05, 3.63) is 225 Å². The van der Waals surface area contributed by atoms with Crippen LogP contribution in [-0.4, -0.2) is 158 Å². The van der Waals surface area contributed by atoms with Crippen molar-refractivity contribution in [3.8, 4) is 11.4 Å². The van der Waals surface area contributed by atoms with Crippen LogP contribution in [0.3, 0.4) is 0 Å². The summed E-state index contributed by atoms with van der Waals surface area (Å²) in [6.45, 7) is 6.14. The summed E-state index contributed by atoms with van der Waals surface area (Å²) in [4.78, 5) is 93.4. The number of Topliss-reactive ketones (excluding diaryl/α,β-unsaturated/α-hetero) is 2. The van der Waals surface area contributed by atoms with E-state index in [0.717, 1.165) is 74.5 Å². The number of halogens is 5. The molecule has 2 amide bonds. The summed E-state index contributed by atoms with van der Waals surface area (Å²) in [6.07, 6.45) is 14.2. The predicted molar refractivity (Wildman–Crippen MR) is 383 cm³/mol. The Hall–Kier alpha value is -9.88. The first kappa shape index (κ1) is 76.8. The van der Waals surface area contributed by atoms with Gasteiger partial charge in [0.25, 0.3) is 0 Å². The highest BCUT2D eigenvalue weighted by molar-refractivity contribution is 6.31. The Labute approximate surface area is 610 Å². The second-order valence-corrected chi connectivity index (χ2v) is 28.0. The Kier molecular flexibility index (Phi) is 26.6. The van der Waals surface area contributed by atoms with E-state index in [2.05, 4.69) is 55.3 Å². The molecule has 2 aromatic heterocycles. The van der Waals surface area contributed by atoms with E-state index in [9.17, 15) is 47.0 Å². The normalized spacial score (nSPS) is 19.7. The molecule has 8 aromatic rings. The highest BCUT2D eigenvalue weighted by Gasteiger charge is 2.46. The summed E-state index contributed by atoms with van der Waals surface area (Å²) in [5.41, 5.74) is 6.08. The molecule has 2 aliphatic heterocycles. The first-order chi connectivity index (χ1) is 49.9. The number of likely N-dealkylation sites (tertiary alicyclic amines) is 2. The van der Waals surface area contributed by atoms with Crippen LogP contribution in [-0.2, 0) is 51.0 Å². The molecule has 104 heavy (non-hydrogen) atoms. The zero-order valence-corrected chi connectivity index (χ0v) is 59.2. The molecule has 4 heterocycles. The number of hydrogen-bond acceptors (Lipinski definition) is 16. The molecular formula is C78H81Cl2F3N10O11. The van der Waals surface area contributed by atoms with E-state index in [1.54, 1.807) is 94.7 Å². The van der Waals surface area contributed by atoms with Gasteiger partial charge in [0, 0.05) is 71.1 Å². The maximum atomic E-state index is 14.5. The molecule has 544 valence electrons. The maximum absolute atomic E-state index is 14.5. The number of nitrogens with zero attached hydrogens (tertiary/aromatic N) is 10. The Bertz CT molecular complexity index is 4270. The number of amides is 2. The van der Waals surface area contributed by atoms with Crippen molar-refractivity contribution in [1.29, 1.82) is 0 Å². The lowest BCUT2D eigenvalue weighted by atomic mass is 9.82. The second-order valence-electron chi connectivity index (χ2n) is 27.2. The molecule has 0 bridgehead atoms. The van der Waals surface area contributed by atoms with E-state index in [4.69, 9.17) is 42.2 Å². The zero-order chi connectivity index (χ0) is 73.9. The number of aromatic nitrogens is 8. The van der Waals surface area contributed by atoms with E-state index in [-0.39, 0.29) is 65.8 Å². The van der Waals surface area contributed by atoms with Crippen molar-refractivity contribution in [2.75, 3.05) is 13.1 Å². The fraction of sp³-hybridized carbons (Fsp3) is 0.372. The van der Waals surface area contributed by atoms with E-state index in [0.29, 0.717) is 69.6 Å². The highest BCUT2D eigenvalue weighted by Crippen LogP contribution is 2.39. The quantitative estimate of drug-likeness (QED) is 0.0422. The summed E-state index contributed by atoms with van der Waals surface area (Å²) in [7, 11) is 0. The largest absolute Gasteiger partial charge is 0.478 e. The van der Waals surface area contributed by atoms with Crippen LogP contribution in [0.15, 0.2) is 170 Å². The van der Waals surface area contributed by atoms with Crippen LogP contribution in [0, 0.1) is 0 Å². The van der Waals surface area contributed by atoms with Gasteiger partial charge in [0.1, 0.15) is 30.3 Å². The number of rotatable bonds is 20. The average Bonchev–Trinajstić information content (AvgIpc) is 0.881. The number of carboxylic acid groups (broad SMARTS) is 1. The maximum Gasteiger partial charge on any atom is 0.446 e. The molecule has 2 saturated carbocycles. The predicted octanol–water partition coefficient (Wildman–Crippen LogP) is 13.9. The van der Waals surface area contributed by atoms with Gasteiger partial charge in [0.15, 0.2) is 11.6 Å². The molecule has 0 unspecified atom stereocenters. The van der Waals surface area contributed by atoms with Crippen LogP contribution < -0.4 is 0 Å². The standard InChI is InChI=1S/C40H44ClN5O5.C36H36ClN5O5.C2HF3O/c1-40(2,3)51-39(49)29-16-14-27(15-17-29)22-35(47)38-36(50-33-12-8-5-9-13-33)24-31(28-10-6-4-7-11-28)25-45(38)37(48)21-18-30-23-32(41)19-20-34(30)46-26-42-43-44-46;37-29-16-17-31(42-23-38-39-40-42)27(20-29)15-18-34(44)41-22-28(25-7-3-1-4-8-25)21-33(47-30-9-5-2-6-10-30)35(41)32(43)19-24-11-13-26(14-12-24)36(45)46;3-2(4,5)1-6/h4,6-7,10-11,14-21,23,26,31,33,36,38H,5,8-9,12-13,22,24-25H2,1-3H3;1,3-4,7-8,11-18,20,23,28,30,33,35H,2,5-6,9-10,19,21-22H2,(H,45,46);1H/b21-18+;18-15+;/t31-,36+,38+;28-,33+,35+;/m00./s1. The Morgan fingerprint density at radius 2 is 0.942 bits per heavy atom. The number of hydrogen-bond donors (Lipinski definition) is 1. The first-order valence-corrected chi connectivity index (χ1v) is 35.4. The lowest BCUT2D eigenvalue weighted by Crippen LogP contribution is -2.58. The fourth-order valence-corrected chi connectivity index (χ4v) is 14.0. The summed E-state index contributed by atoms with van der Waals surface area (Å²) in [5.74, 6) is -2.44. The van der Waals surface area contributed by atoms with Crippen molar-refractivity contribution < 1.29 is 66.1 Å². The number of esters is 1. The van der Waals surface area contributed by atoms with Gasteiger partial charge < -0.3 is 29.1 Å². The van der Waals surface area contributed by atoms with E-state index in [1.165, 1.54) is 52.7 Å². The van der Waals surface area contributed by atoms with Crippen LogP contribution >= 0.6 is 23.2 Å². The van der Waals surface area contributed by atoms with Gasteiger partial charge in [-0.2, -0.15) is 22.5 Å². The Morgan fingerprint density at radius 3 is 1.30 bits per heavy atom. The fourth-order valence-electron chi connectivity index (χ4n) is 13.6. The minimum absolute atomic E-state index is 0.0197. The molecule has 1 N–H and O–H groups in total. The summed E-state index contributed by atoms with van der Waals surface area (Å²) < 4.78 is 53.4. The summed E-state index contributed by atoms with van der Waals surface area (Å²) in [6, 6.07) is 42.2. The molecule has 12 rings (SSSR count). The van der Waals surface area contributed by atoms with Crippen LogP contribution in [0.4, 0.5) is 13.2 Å². The van der Waals surface area contributed by atoms with Gasteiger partial charge in [-0.3, -0.25) is 24.0 Å². The van der Waals surface area contributed by atoms with Crippen molar-refractivity contribution in [2.24, 2.45) is 0 Å². The van der Waals surface area contributed by atoms with Gasteiger partial charge in [0.05, 0.1) is 46.9 Å². The monoisotopic (exact) mass is 1460 g/mol. The molecule has 26 heteroatoms. The number of benzene rings is 6. The Morgan fingerprint density at radius 1 is 0.548 bits per heavy atom. The molecule has 4 fully saturated rings. The number of carbonyl (C=O) groups is 7. The Balaban J connectivity index is 0.000000207. The summed E-state index contributed by atoms with van der Waals surface area (Å²) >= 11 is 12.7. The van der Waals surface area contributed by atoms with Crippen molar-refractivity contribution in [1.82, 2.24) is 50.2 Å². The third kappa shape index (κ3) is 21.6. The number of tetrazole rings is 2. The van der Waals surface area contributed by atoms with Gasteiger partial charge in [-0.1, -0.05) is 147 Å². The molecule has 0 radical (unpaired) electrons. The minimum Gasteiger partial charge on any atom is -0.478 e. The SMILES string of the molecule is CC(C)(C)OC(=O)c1ccc(CC(=O)[C@@H]2[C@H](OC3CCCCC3)C[C@H](c3ccccc3)CN2C(=O)/C=C/c2cc(Cl)ccc2-n2cnnn2)cc1.O=C(O)c1ccc(CC(=O)[C@@H]2[C@H](OC3CCCCC3)C[C@H](c3ccccc3)CN2C(=O)/C=C/c2cc(Cl)ccc2-n2cnnn2)cc1.O=CC(F)(F)F. The lowest BCUT2D eigenvalue weighted by Gasteiger charge is -2.45. The molecular weight excluding hydrogens is 1380 g/mol. The highest BCUT2D eigenvalue weighted by atomic mass is 35.5. The van der Waals surface area contributed by atoms with Gasteiger partial charge in [-0.05, 0) is 175 Å². The molecule has 6 aromatic carbocycles. The number of carboxylic acids is 1. The van der Waals surface area contributed by atoms with Crippen LogP contribution in [0.1, 0.15) is 164 Å². The minimum atomic E-state index is -4.64. The van der Waals surface area contributed by atoms with Crippen molar-refractivity contribution >= 4 is 77.0 Å². The third-order valence-electron chi connectivity index (χ3n) is 18.5. The molecule has 2 aliphatic carbocycles. The number of ether oxygens (including phenoxy) is 3. The van der Waals surface area contributed by atoms with E-state index >= 15 is 0 Å². The third-order valence-corrected chi connectivity index (χ3v) is 19.0. The lowest BCUT2D eigenvalue weighted by molar-refractivity contribution is -0.156. The first-order valence-electron chi connectivity index (χ1n) is 34.6. The van der Waals surface area contributed by atoms with Gasteiger partial charge in [-0.15, -0.1) is 10.2 Å². The molecule has 21 nitrogen and oxygen atoms in total. The number of carbonyl (C=O) groups excluding carboxylic acids is 6. The smallest absolute Gasteiger partial charge is 0.446 e. The molecule has 0 spiro atoms. The number of aldehydes is 1. The van der Waals surface area contributed by atoms with E-state index < -0.39 is 54.3 Å². The number of ketones is 2. The molecule has 2 saturated heterocycles. The topological polar surface area (TPSA) is 261 Å². The summed E-state index contributed by atoms with van der Waals surface area (Å²) in [5, 5.41) is 33.2. The van der Waals surface area contributed by atoms with E-state index in [1.807, 2.05) is 57.2 Å². The van der Waals surface area contributed by atoms with Gasteiger partial charge >= 0.3 is 18.1 Å². The molecule has 4 aliphatic rings. The zero-order valence-electron chi connectivity index (χ0n) is 57.7. The number of piperidine rings is 2. The van der Waals surface area contributed by atoms with Crippen LogP contribution in [0.5, 0.6) is 0 Å². The average molecular weight is 1460 g/mol. The van der Waals surface area contributed by atoms with Gasteiger partial charge in [-0.25, -0.2) is 9.59 Å². The second kappa shape index (κ2) is 36.0. The van der Waals surface area contributed by atoms with Crippen LogP contribution in [0.2, 0.25) is 10.0 Å². The van der Waals surface area contributed by atoms with Crippen LogP contribution in [0.25, 0.3) is 23.5 Å².